The van der Waals surface area contributed by atoms with Crippen molar-refractivity contribution in [1.82, 2.24) is 14.8 Å². The van der Waals surface area contributed by atoms with Crippen LogP contribution < -0.4 is 5.32 Å². The largest absolute Gasteiger partial charge is 0.310 e. The van der Waals surface area contributed by atoms with Gasteiger partial charge in [-0.2, -0.15) is 10.4 Å². The van der Waals surface area contributed by atoms with Crippen LogP contribution in [0, 0.1) is 23.2 Å². The van der Waals surface area contributed by atoms with E-state index in [0.29, 0.717) is 23.2 Å². The summed E-state index contributed by atoms with van der Waals surface area (Å²) in [5, 5.41) is 18.7. The van der Waals surface area contributed by atoms with E-state index in [-0.39, 0.29) is 23.7 Å². The van der Waals surface area contributed by atoms with Crippen molar-refractivity contribution >= 4 is 34.1 Å². The van der Waals surface area contributed by atoms with Gasteiger partial charge in [-0.3, -0.25) is 9.48 Å². The first kappa shape index (κ1) is 20.4. The molecule has 4 rings (SSSR count). The zero-order valence-corrected chi connectivity index (χ0v) is 18.0. The Kier molecular flexibility index (Phi) is 5.48. The number of pyridine rings is 1. The molecule has 3 aromatic rings. The molecule has 1 saturated carbocycles. The number of carbonyl (C=O) groups is 1. The highest BCUT2D eigenvalue weighted by atomic mass is 35.5. The Balaban J connectivity index is 1.55. The van der Waals surface area contributed by atoms with Gasteiger partial charge in [-0.25, -0.2) is 4.98 Å². The number of hydrogen-bond acceptors (Lipinski definition) is 4. The second-order valence-corrected chi connectivity index (χ2v) is 8.52. The zero-order valence-electron chi connectivity index (χ0n) is 17.3. The Labute approximate surface area is 180 Å². The summed E-state index contributed by atoms with van der Waals surface area (Å²) in [5.74, 6) is 1.03. The quantitative estimate of drug-likeness (QED) is 0.605. The lowest BCUT2D eigenvalue weighted by Gasteiger charge is -2.12. The molecule has 2 heterocycles. The van der Waals surface area contributed by atoms with Gasteiger partial charge < -0.3 is 5.32 Å². The van der Waals surface area contributed by atoms with Crippen molar-refractivity contribution in [2.75, 3.05) is 5.32 Å². The fraction of sp³-hybridized carbons (Fsp3) is 0.391. The van der Waals surface area contributed by atoms with Crippen LogP contribution in [0.5, 0.6) is 0 Å². The Morgan fingerprint density at radius 2 is 2.13 bits per heavy atom. The standard InChI is InChI=1S/C23H24ClN5O/c1-4-17-21(16-11-27-29(3)12-16)22(17)23(30)28-20-9-14-7-18(13(2)5-6-25)19(24)8-15(14)10-26-20/h7-13,17,21-22H,4-5H2,1-3H3,(H,26,28,30)/t13-,17-,21-,22-/m0/s1. The molecular formula is C23H24ClN5O. The van der Waals surface area contributed by atoms with Crippen molar-refractivity contribution in [2.45, 2.75) is 38.5 Å². The summed E-state index contributed by atoms with van der Waals surface area (Å²) in [6.45, 7) is 4.10. The minimum absolute atomic E-state index is 0.00501. The van der Waals surface area contributed by atoms with Crippen molar-refractivity contribution < 1.29 is 4.79 Å². The first-order valence-corrected chi connectivity index (χ1v) is 10.6. The molecule has 2 aromatic heterocycles. The molecular weight excluding hydrogens is 398 g/mol. The second-order valence-electron chi connectivity index (χ2n) is 8.11. The smallest absolute Gasteiger partial charge is 0.229 e. The first-order chi connectivity index (χ1) is 14.4. The van der Waals surface area contributed by atoms with E-state index in [0.717, 1.165) is 28.3 Å². The van der Waals surface area contributed by atoms with Gasteiger partial charge in [0.05, 0.1) is 12.3 Å². The lowest BCUT2D eigenvalue weighted by Crippen LogP contribution is -2.16. The molecule has 0 unspecified atom stereocenters. The van der Waals surface area contributed by atoms with E-state index in [4.69, 9.17) is 16.9 Å². The molecule has 1 aromatic carbocycles. The van der Waals surface area contributed by atoms with Crippen LogP contribution in [-0.2, 0) is 11.8 Å². The van der Waals surface area contributed by atoms with Crippen molar-refractivity contribution in [3.8, 4) is 6.07 Å². The van der Waals surface area contributed by atoms with Crippen LogP contribution in [0.1, 0.15) is 49.7 Å². The predicted octanol–water partition coefficient (Wildman–Crippen LogP) is 5.02. The lowest BCUT2D eigenvalue weighted by atomic mass is 9.96. The average molecular weight is 422 g/mol. The number of hydrogen-bond donors (Lipinski definition) is 1. The molecule has 0 aliphatic heterocycles. The van der Waals surface area contributed by atoms with Crippen LogP contribution in [0.25, 0.3) is 10.8 Å². The molecule has 1 N–H and O–H groups in total. The molecule has 30 heavy (non-hydrogen) atoms. The van der Waals surface area contributed by atoms with E-state index in [1.807, 2.05) is 44.6 Å². The van der Waals surface area contributed by atoms with Gasteiger partial charge in [-0.15, -0.1) is 0 Å². The number of benzene rings is 1. The highest BCUT2D eigenvalue weighted by Gasteiger charge is 2.54. The minimum atomic E-state index is -0.0619. The minimum Gasteiger partial charge on any atom is -0.310 e. The average Bonchev–Trinajstić information content (AvgIpc) is 3.31. The highest BCUT2D eigenvalue weighted by molar-refractivity contribution is 6.32. The van der Waals surface area contributed by atoms with Crippen LogP contribution >= 0.6 is 11.6 Å². The topological polar surface area (TPSA) is 83.6 Å². The number of halogens is 1. The first-order valence-electron chi connectivity index (χ1n) is 10.2. The van der Waals surface area contributed by atoms with E-state index in [1.54, 1.807) is 10.9 Å². The van der Waals surface area contributed by atoms with Crippen LogP contribution in [0.4, 0.5) is 5.82 Å². The maximum absolute atomic E-state index is 12.9. The van der Waals surface area contributed by atoms with Crippen LogP contribution in [0.15, 0.2) is 36.8 Å². The molecule has 1 fully saturated rings. The van der Waals surface area contributed by atoms with E-state index in [2.05, 4.69) is 28.4 Å². The Morgan fingerprint density at radius 1 is 1.33 bits per heavy atom. The summed E-state index contributed by atoms with van der Waals surface area (Å²) in [4.78, 5) is 17.4. The fourth-order valence-electron chi connectivity index (χ4n) is 4.39. The summed E-state index contributed by atoms with van der Waals surface area (Å²) >= 11 is 6.40. The third-order valence-corrected chi connectivity index (χ3v) is 6.40. The zero-order chi connectivity index (χ0) is 21.4. The third kappa shape index (κ3) is 3.78. The monoisotopic (exact) mass is 421 g/mol. The summed E-state index contributed by atoms with van der Waals surface area (Å²) < 4.78 is 1.77. The number of nitrogens with zero attached hydrogens (tertiary/aromatic N) is 4. The number of carbonyl (C=O) groups excluding carboxylic acids is 1. The number of nitriles is 1. The van der Waals surface area contributed by atoms with E-state index in [9.17, 15) is 4.79 Å². The maximum atomic E-state index is 12.9. The molecule has 1 aliphatic carbocycles. The second kappa shape index (κ2) is 8.08. The number of nitrogens with one attached hydrogen (secondary N) is 1. The van der Waals surface area contributed by atoms with Crippen LogP contribution in [0.3, 0.4) is 0 Å². The number of anilines is 1. The fourth-order valence-corrected chi connectivity index (χ4v) is 4.75. The summed E-state index contributed by atoms with van der Waals surface area (Å²) in [7, 11) is 1.89. The van der Waals surface area contributed by atoms with Crippen molar-refractivity contribution in [3.05, 3.63) is 52.9 Å². The number of rotatable bonds is 6. The summed E-state index contributed by atoms with van der Waals surface area (Å²) in [6.07, 6.45) is 6.90. The Hall–Kier alpha value is -2.91. The predicted molar refractivity (Wildman–Crippen MR) is 117 cm³/mol. The molecule has 0 bridgehead atoms. The number of fused-ring (bicyclic) bond motifs is 1. The molecule has 154 valence electrons. The third-order valence-electron chi connectivity index (χ3n) is 6.07. The van der Waals surface area contributed by atoms with E-state index >= 15 is 0 Å². The van der Waals surface area contributed by atoms with Gasteiger partial charge in [-0.05, 0) is 46.5 Å². The molecule has 6 nitrogen and oxygen atoms in total. The summed E-state index contributed by atoms with van der Waals surface area (Å²) in [5.41, 5.74) is 2.04. The molecule has 1 amide bonds. The van der Waals surface area contributed by atoms with Gasteiger partial charge in [0.1, 0.15) is 5.82 Å². The summed E-state index contributed by atoms with van der Waals surface area (Å²) in [6, 6.07) is 7.92. The Morgan fingerprint density at radius 3 is 2.80 bits per heavy atom. The molecule has 0 spiro atoms. The molecule has 4 atom stereocenters. The van der Waals surface area contributed by atoms with Gasteiger partial charge in [-0.1, -0.05) is 31.9 Å². The Bertz CT molecular complexity index is 1150. The van der Waals surface area contributed by atoms with Gasteiger partial charge in [0.2, 0.25) is 5.91 Å². The highest BCUT2D eigenvalue weighted by Crippen LogP contribution is 2.56. The number of aromatic nitrogens is 3. The van der Waals surface area contributed by atoms with Gasteiger partial charge >= 0.3 is 0 Å². The van der Waals surface area contributed by atoms with E-state index < -0.39 is 0 Å². The molecule has 0 saturated heterocycles. The SMILES string of the molecule is CC[C@@H]1[C@H](C(=O)Nc2cc3cc([C@@H](C)CC#N)c(Cl)cc3cn2)[C@H]1c1cnn(C)c1. The normalized spacial score (nSPS) is 21.2. The molecule has 1 aliphatic rings. The van der Waals surface area contributed by atoms with Crippen LogP contribution in [0.2, 0.25) is 5.02 Å². The van der Waals surface area contributed by atoms with E-state index in [1.165, 1.54) is 0 Å². The van der Waals surface area contributed by atoms with Crippen LogP contribution in [-0.4, -0.2) is 20.7 Å². The molecule has 7 heteroatoms. The number of amides is 1. The van der Waals surface area contributed by atoms with Gasteiger partial charge in [0.15, 0.2) is 0 Å². The number of aryl methyl sites for hydroxylation is 1. The van der Waals surface area contributed by atoms with Gasteiger partial charge in [0, 0.05) is 48.1 Å². The van der Waals surface area contributed by atoms with Crippen molar-refractivity contribution in [1.29, 1.82) is 5.26 Å². The maximum Gasteiger partial charge on any atom is 0.229 e. The van der Waals surface area contributed by atoms with Crippen molar-refractivity contribution in [2.24, 2.45) is 18.9 Å². The molecule has 0 radical (unpaired) electrons. The lowest BCUT2D eigenvalue weighted by molar-refractivity contribution is -0.117. The van der Waals surface area contributed by atoms with Crippen molar-refractivity contribution in [3.63, 3.8) is 0 Å². The van der Waals surface area contributed by atoms with Gasteiger partial charge in [0.25, 0.3) is 0 Å².